The minimum atomic E-state index is -3.46. The number of hydrogen-bond acceptors (Lipinski definition) is 6. The Morgan fingerprint density at radius 1 is 1.17 bits per heavy atom. The van der Waals surface area contributed by atoms with Gasteiger partial charge >= 0.3 is 0 Å². The molecule has 122 valence electrons. The standard InChI is InChI=1S/C16H14N4O2S2/c1-24(21,22)20-15(10-14(19-20)16-3-2-8-23-16)11-4-5-12-13(9-11)18-7-6-17-12/h2-9,15H,10H2,1H3/t15-/m1/s1. The molecule has 24 heavy (non-hydrogen) atoms. The van der Waals surface area contributed by atoms with Gasteiger partial charge < -0.3 is 0 Å². The van der Waals surface area contributed by atoms with E-state index in [0.717, 1.165) is 27.2 Å². The first kappa shape index (κ1) is 15.2. The maximum atomic E-state index is 12.2. The number of sulfonamides is 1. The molecule has 1 aromatic carbocycles. The van der Waals surface area contributed by atoms with E-state index in [-0.39, 0.29) is 6.04 Å². The van der Waals surface area contributed by atoms with Crippen LogP contribution in [0.1, 0.15) is 22.9 Å². The number of hydrazone groups is 1. The van der Waals surface area contributed by atoms with Crippen molar-refractivity contribution >= 4 is 38.1 Å². The molecule has 0 aliphatic carbocycles. The molecule has 0 bridgehead atoms. The van der Waals surface area contributed by atoms with Crippen molar-refractivity contribution in [2.45, 2.75) is 12.5 Å². The molecule has 0 spiro atoms. The Balaban J connectivity index is 1.78. The molecule has 0 saturated carbocycles. The van der Waals surface area contributed by atoms with E-state index in [1.54, 1.807) is 23.7 Å². The molecular formula is C16H14N4O2S2. The molecule has 1 atom stereocenters. The number of rotatable bonds is 3. The molecule has 3 aromatic rings. The van der Waals surface area contributed by atoms with Crippen LogP contribution in [-0.2, 0) is 10.0 Å². The zero-order chi connectivity index (χ0) is 16.7. The maximum Gasteiger partial charge on any atom is 0.247 e. The second-order valence-corrected chi connectivity index (χ2v) is 8.37. The molecule has 6 nitrogen and oxygen atoms in total. The number of nitrogens with zero attached hydrogens (tertiary/aromatic N) is 4. The summed E-state index contributed by atoms with van der Waals surface area (Å²) in [5.74, 6) is 0. The zero-order valence-corrected chi connectivity index (χ0v) is 14.5. The van der Waals surface area contributed by atoms with Gasteiger partial charge in [-0.15, -0.1) is 11.3 Å². The Bertz CT molecular complexity index is 1030. The highest BCUT2D eigenvalue weighted by Gasteiger charge is 2.34. The van der Waals surface area contributed by atoms with Crippen LogP contribution in [0.15, 0.2) is 53.2 Å². The molecular weight excluding hydrogens is 344 g/mol. The van der Waals surface area contributed by atoms with Gasteiger partial charge in [-0.1, -0.05) is 12.1 Å². The second-order valence-electron chi connectivity index (χ2n) is 5.58. The summed E-state index contributed by atoms with van der Waals surface area (Å²) in [5, 5.41) is 6.34. The smallest absolute Gasteiger partial charge is 0.247 e. The molecule has 0 fully saturated rings. The number of aromatic nitrogens is 2. The summed E-state index contributed by atoms with van der Waals surface area (Å²) in [6.07, 6.45) is 4.99. The SMILES string of the molecule is CS(=O)(=O)N1N=C(c2cccs2)C[C@@H]1c1ccc2nccnc2c1. The summed E-state index contributed by atoms with van der Waals surface area (Å²) < 4.78 is 25.6. The van der Waals surface area contributed by atoms with Crippen molar-refractivity contribution in [2.75, 3.05) is 6.26 Å². The van der Waals surface area contributed by atoms with Crippen molar-refractivity contribution < 1.29 is 8.42 Å². The lowest BCUT2D eigenvalue weighted by molar-refractivity contribution is 0.375. The number of thiophene rings is 1. The molecule has 2 aromatic heterocycles. The summed E-state index contributed by atoms with van der Waals surface area (Å²) in [5.41, 5.74) is 3.18. The first-order valence-corrected chi connectivity index (χ1v) is 10.1. The van der Waals surface area contributed by atoms with Gasteiger partial charge in [-0.3, -0.25) is 9.97 Å². The number of hydrogen-bond donors (Lipinski definition) is 0. The predicted octanol–water partition coefficient (Wildman–Crippen LogP) is 2.80. The third-order valence-corrected chi connectivity index (χ3v) is 5.83. The molecule has 0 amide bonds. The summed E-state index contributed by atoms with van der Waals surface area (Å²) in [6, 6.07) is 9.18. The van der Waals surface area contributed by atoms with Gasteiger partial charge in [-0.05, 0) is 29.1 Å². The summed E-state index contributed by atoms with van der Waals surface area (Å²) in [4.78, 5) is 9.55. The van der Waals surface area contributed by atoms with Crippen LogP contribution >= 0.6 is 11.3 Å². The van der Waals surface area contributed by atoms with Gasteiger partial charge in [0.15, 0.2) is 0 Å². The number of fused-ring (bicyclic) bond motifs is 1. The maximum absolute atomic E-state index is 12.2. The molecule has 0 N–H and O–H groups in total. The largest absolute Gasteiger partial charge is 0.253 e. The van der Waals surface area contributed by atoms with Crippen molar-refractivity contribution in [1.29, 1.82) is 0 Å². The Morgan fingerprint density at radius 2 is 1.96 bits per heavy atom. The molecule has 8 heteroatoms. The molecule has 4 rings (SSSR count). The Morgan fingerprint density at radius 3 is 2.67 bits per heavy atom. The predicted molar refractivity (Wildman–Crippen MR) is 94.4 cm³/mol. The van der Waals surface area contributed by atoms with Crippen molar-refractivity contribution in [2.24, 2.45) is 5.10 Å². The zero-order valence-electron chi connectivity index (χ0n) is 12.8. The van der Waals surface area contributed by atoms with Crippen molar-refractivity contribution in [1.82, 2.24) is 14.4 Å². The highest BCUT2D eigenvalue weighted by atomic mass is 32.2. The van der Waals surface area contributed by atoms with Crippen LogP contribution in [0.5, 0.6) is 0 Å². The summed E-state index contributed by atoms with van der Waals surface area (Å²) in [7, 11) is -3.46. The van der Waals surface area contributed by atoms with E-state index in [0.29, 0.717) is 6.42 Å². The average Bonchev–Trinajstić information content (AvgIpc) is 3.23. The van der Waals surface area contributed by atoms with Crippen molar-refractivity contribution in [3.8, 4) is 0 Å². The van der Waals surface area contributed by atoms with Crippen LogP contribution in [0.3, 0.4) is 0 Å². The third kappa shape index (κ3) is 2.67. The number of benzene rings is 1. The van der Waals surface area contributed by atoms with Crippen LogP contribution in [0.25, 0.3) is 11.0 Å². The molecule has 0 radical (unpaired) electrons. The van der Waals surface area contributed by atoms with Gasteiger partial charge in [0.05, 0.1) is 33.9 Å². The average molecular weight is 358 g/mol. The van der Waals surface area contributed by atoms with Crippen LogP contribution in [-0.4, -0.2) is 34.8 Å². The lowest BCUT2D eigenvalue weighted by Crippen LogP contribution is -2.25. The molecule has 3 heterocycles. The fraction of sp³-hybridized carbons (Fsp3) is 0.188. The lowest BCUT2D eigenvalue weighted by atomic mass is 10.0. The van der Waals surface area contributed by atoms with E-state index in [1.165, 1.54) is 10.7 Å². The van der Waals surface area contributed by atoms with E-state index in [9.17, 15) is 8.42 Å². The lowest BCUT2D eigenvalue weighted by Gasteiger charge is -2.21. The van der Waals surface area contributed by atoms with Crippen molar-refractivity contribution in [3.05, 3.63) is 58.5 Å². The summed E-state index contributed by atoms with van der Waals surface area (Å²) >= 11 is 1.56. The van der Waals surface area contributed by atoms with E-state index in [2.05, 4.69) is 15.1 Å². The normalized spacial score (nSPS) is 18.1. The molecule has 1 aliphatic rings. The van der Waals surface area contributed by atoms with Crippen LogP contribution in [0, 0.1) is 0 Å². The van der Waals surface area contributed by atoms with Gasteiger partial charge in [0.1, 0.15) is 0 Å². The van der Waals surface area contributed by atoms with Crippen LogP contribution in [0.2, 0.25) is 0 Å². The highest BCUT2D eigenvalue weighted by Crippen LogP contribution is 2.36. The Hall–Kier alpha value is -2.32. The quantitative estimate of drug-likeness (QED) is 0.721. The van der Waals surface area contributed by atoms with Crippen LogP contribution < -0.4 is 0 Å². The van der Waals surface area contributed by atoms with Gasteiger partial charge in [-0.25, -0.2) is 8.42 Å². The van der Waals surface area contributed by atoms with Gasteiger partial charge in [-0.2, -0.15) is 9.52 Å². The first-order chi connectivity index (χ1) is 11.5. The van der Waals surface area contributed by atoms with Crippen LogP contribution in [0.4, 0.5) is 0 Å². The molecule has 1 aliphatic heterocycles. The fourth-order valence-corrected chi connectivity index (χ4v) is 4.45. The summed E-state index contributed by atoms with van der Waals surface area (Å²) in [6.45, 7) is 0. The molecule has 0 unspecified atom stereocenters. The van der Waals surface area contributed by atoms with Gasteiger partial charge in [0.25, 0.3) is 0 Å². The second kappa shape index (κ2) is 5.64. The van der Waals surface area contributed by atoms with E-state index >= 15 is 0 Å². The Kier molecular flexibility index (Phi) is 3.58. The van der Waals surface area contributed by atoms with E-state index < -0.39 is 10.0 Å². The monoisotopic (exact) mass is 358 g/mol. The highest BCUT2D eigenvalue weighted by molar-refractivity contribution is 7.88. The minimum Gasteiger partial charge on any atom is -0.253 e. The van der Waals surface area contributed by atoms with Gasteiger partial charge in [0, 0.05) is 18.8 Å². The van der Waals surface area contributed by atoms with E-state index in [1.807, 2.05) is 35.7 Å². The fourth-order valence-electron chi connectivity index (χ4n) is 2.82. The van der Waals surface area contributed by atoms with E-state index in [4.69, 9.17) is 0 Å². The minimum absolute atomic E-state index is 0.358. The topological polar surface area (TPSA) is 75.5 Å². The van der Waals surface area contributed by atoms with Crippen molar-refractivity contribution in [3.63, 3.8) is 0 Å². The molecule has 0 saturated heterocycles. The Labute approximate surface area is 143 Å². The van der Waals surface area contributed by atoms with Gasteiger partial charge in [0.2, 0.25) is 10.0 Å². The third-order valence-electron chi connectivity index (χ3n) is 3.90. The first-order valence-electron chi connectivity index (χ1n) is 7.34.